The molecule has 2 aromatic heterocycles. The van der Waals surface area contributed by atoms with Gasteiger partial charge in [0.25, 0.3) is 0 Å². The molecule has 0 radical (unpaired) electrons. The zero-order valence-corrected chi connectivity index (χ0v) is 14.5. The van der Waals surface area contributed by atoms with Gasteiger partial charge in [0.15, 0.2) is 0 Å². The van der Waals surface area contributed by atoms with Gasteiger partial charge < -0.3 is 10.1 Å². The molecule has 0 aliphatic heterocycles. The number of ether oxygens (including phenoxy) is 1. The van der Waals surface area contributed by atoms with E-state index in [1.807, 2.05) is 19.1 Å². The summed E-state index contributed by atoms with van der Waals surface area (Å²) >= 11 is 0. The van der Waals surface area contributed by atoms with Crippen molar-refractivity contribution in [3.8, 4) is 5.75 Å². The number of aromatic nitrogens is 4. The summed E-state index contributed by atoms with van der Waals surface area (Å²) in [6.45, 7) is 9.03. The maximum Gasteiger partial charge on any atom is 0.200 e. The maximum absolute atomic E-state index is 5.50. The highest BCUT2D eigenvalue weighted by molar-refractivity contribution is 5.67. The number of hydrogen-bond acceptors (Lipinski definition) is 5. The Hall–Kier alpha value is -2.63. The van der Waals surface area contributed by atoms with Crippen molar-refractivity contribution in [1.82, 2.24) is 19.8 Å². The Balaban J connectivity index is 1.86. The minimum absolute atomic E-state index is 0.128. The highest BCUT2D eigenvalue weighted by Crippen LogP contribution is 2.25. The molecule has 3 rings (SSSR count). The summed E-state index contributed by atoms with van der Waals surface area (Å²) in [6, 6.07) is 10.3. The van der Waals surface area contributed by atoms with Crippen molar-refractivity contribution in [3.63, 3.8) is 0 Å². The van der Waals surface area contributed by atoms with Crippen molar-refractivity contribution in [3.05, 3.63) is 47.9 Å². The topological polar surface area (TPSA) is 64.3 Å². The normalized spacial score (nSPS) is 12.5. The monoisotopic (exact) mass is 325 g/mol. The lowest BCUT2D eigenvalue weighted by molar-refractivity contribution is 0.340. The number of anilines is 1. The molecule has 0 aliphatic carbocycles. The molecule has 0 spiro atoms. The van der Waals surface area contributed by atoms with E-state index in [-0.39, 0.29) is 6.04 Å². The summed E-state index contributed by atoms with van der Waals surface area (Å²) in [5, 5.41) is 16.2. The highest BCUT2D eigenvalue weighted by atomic mass is 16.5. The molecule has 1 unspecified atom stereocenters. The third-order valence-electron chi connectivity index (χ3n) is 3.94. The first-order valence-electron chi connectivity index (χ1n) is 8.28. The van der Waals surface area contributed by atoms with E-state index >= 15 is 0 Å². The van der Waals surface area contributed by atoms with Crippen LogP contribution in [0, 0.1) is 0 Å². The molecule has 2 heterocycles. The van der Waals surface area contributed by atoms with Crippen molar-refractivity contribution in [2.24, 2.45) is 0 Å². The molecule has 0 aliphatic rings. The molecule has 0 fully saturated rings. The molecule has 1 atom stereocenters. The van der Waals surface area contributed by atoms with E-state index in [1.165, 1.54) is 5.56 Å². The largest absolute Gasteiger partial charge is 0.494 e. The van der Waals surface area contributed by atoms with Crippen molar-refractivity contribution in [2.75, 3.05) is 11.9 Å². The summed E-state index contributed by atoms with van der Waals surface area (Å²) in [5.74, 6) is 1.22. The Morgan fingerprint density at radius 3 is 2.58 bits per heavy atom. The van der Waals surface area contributed by atoms with Gasteiger partial charge in [-0.05, 0) is 43.5 Å². The van der Waals surface area contributed by atoms with E-state index < -0.39 is 0 Å². The Morgan fingerprint density at radius 2 is 1.92 bits per heavy atom. The Labute approximate surface area is 141 Å². The lowest BCUT2D eigenvalue weighted by Crippen LogP contribution is -2.10. The van der Waals surface area contributed by atoms with E-state index in [0.717, 1.165) is 22.8 Å². The first-order valence-corrected chi connectivity index (χ1v) is 8.28. The fraction of sp³-hybridized carbons (Fsp3) is 0.389. The zero-order valence-electron chi connectivity index (χ0n) is 14.5. The first kappa shape index (κ1) is 16.2. The van der Waals surface area contributed by atoms with Gasteiger partial charge in [-0.1, -0.05) is 26.0 Å². The van der Waals surface area contributed by atoms with Crippen LogP contribution in [0.25, 0.3) is 5.65 Å². The lowest BCUT2D eigenvalue weighted by atomic mass is 10.1. The van der Waals surface area contributed by atoms with Crippen LogP contribution in [-0.2, 0) is 0 Å². The van der Waals surface area contributed by atoms with Crippen LogP contribution in [0.15, 0.2) is 36.7 Å². The van der Waals surface area contributed by atoms with Crippen molar-refractivity contribution < 1.29 is 4.74 Å². The van der Waals surface area contributed by atoms with E-state index in [1.54, 1.807) is 10.8 Å². The van der Waals surface area contributed by atoms with Crippen molar-refractivity contribution in [1.29, 1.82) is 0 Å². The fourth-order valence-electron chi connectivity index (χ4n) is 2.57. The van der Waals surface area contributed by atoms with Gasteiger partial charge in [0.2, 0.25) is 5.65 Å². The zero-order chi connectivity index (χ0) is 17.1. The van der Waals surface area contributed by atoms with Crippen LogP contribution in [0.5, 0.6) is 5.75 Å². The summed E-state index contributed by atoms with van der Waals surface area (Å²) in [4.78, 5) is 0. The van der Waals surface area contributed by atoms with Gasteiger partial charge in [-0.25, -0.2) is 0 Å². The molecular weight excluding hydrogens is 302 g/mol. The number of fused-ring (bicyclic) bond motifs is 1. The average Bonchev–Trinajstić information content (AvgIpc) is 3.04. The van der Waals surface area contributed by atoms with Crippen LogP contribution in [0.4, 0.5) is 5.69 Å². The molecular formula is C18H23N5O. The Morgan fingerprint density at radius 1 is 1.17 bits per heavy atom. The molecule has 3 aromatic rings. The Kier molecular flexibility index (Phi) is 4.64. The molecule has 0 saturated heterocycles. The summed E-state index contributed by atoms with van der Waals surface area (Å²) < 4.78 is 7.22. The van der Waals surface area contributed by atoms with E-state index in [9.17, 15) is 0 Å². The molecule has 24 heavy (non-hydrogen) atoms. The molecule has 0 bridgehead atoms. The van der Waals surface area contributed by atoms with Crippen LogP contribution in [0.2, 0.25) is 0 Å². The van der Waals surface area contributed by atoms with Crippen LogP contribution in [0.1, 0.15) is 50.9 Å². The fourth-order valence-corrected chi connectivity index (χ4v) is 2.57. The van der Waals surface area contributed by atoms with Crippen LogP contribution in [-0.4, -0.2) is 26.4 Å². The van der Waals surface area contributed by atoms with E-state index in [2.05, 4.69) is 59.6 Å². The van der Waals surface area contributed by atoms with Crippen LogP contribution in [0.3, 0.4) is 0 Å². The number of nitrogens with one attached hydrogen (secondary N) is 1. The molecule has 6 heteroatoms. The number of hydrogen-bond donors (Lipinski definition) is 1. The van der Waals surface area contributed by atoms with Gasteiger partial charge >= 0.3 is 0 Å². The van der Waals surface area contributed by atoms with Crippen LogP contribution < -0.4 is 10.1 Å². The summed E-state index contributed by atoms with van der Waals surface area (Å²) in [6.07, 6.45) is 1.63. The number of benzene rings is 1. The highest BCUT2D eigenvalue weighted by Gasteiger charge is 2.13. The molecule has 6 nitrogen and oxygen atoms in total. The maximum atomic E-state index is 5.50. The quantitative estimate of drug-likeness (QED) is 0.746. The number of nitrogens with zero attached hydrogens (tertiary/aromatic N) is 4. The molecule has 126 valence electrons. The van der Waals surface area contributed by atoms with E-state index in [0.29, 0.717) is 12.5 Å². The third-order valence-corrected chi connectivity index (χ3v) is 3.94. The van der Waals surface area contributed by atoms with Crippen molar-refractivity contribution >= 4 is 11.3 Å². The molecule has 0 saturated carbocycles. The smallest absolute Gasteiger partial charge is 0.200 e. The standard InChI is InChI=1S/C18H23N5O/c1-5-24-15-8-6-14(7-9-15)13(4)20-17-10-16(12(2)3)22-23-11-19-21-18(17)23/h6-13,20H,5H2,1-4H3. The number of rotatable bonds is 6. The van der Waals surface area contributed by atoms with Gasteiger partial charge in [-0.3, -0.25) is 0 Å². The SMILES string of the molecule is CCOc1ccc(C(C)Nc2cc(C(C)C)nn3cnnc23)cc1. The summed E-state index contributed by atoms with van der Waals surface area (Å²) in [5.41, 5.74) is 3.85. The second-order valence-corrected chi connectivity index (χ2v) is 6.10. The molecule has 0 amide bonds. The molecule has 1 N–H and O–H groups in total. The third kappa shape index (κ3) is 3.32. The predicted molar refractivity (Wildman–Crippen MR) is 94.5 cm³/mol. The van der Waals surface area contributed by atoms with Crippen LogP contribution >= 0.6 is 0 Å². The van der Waals surface area contributed by atoms with Gasteiger partial charge in [0.05, 0.1) is 18.0 Å². The minimum atomic E-state index is 0.128. The van der Waals surface area contributed by atoms with Gasteiger partial charge in [-0.2, -0.15) is 9.61 Å². The Bertz CT molecular complexity index is 810. The summed E-state index contributed by atoms with van der Waals surface area (Å²) in [7, 11) is 0. The van der Waals surface area contributed by atoms with Gasteiger partial charge in [0.1, 0.15) is 12.1 Å². The first-order chi connectivity index (χ1) is 11.6. The van der Waals surface area contributed by atoms with Gasteiger partial charge in [-0.15, -0.1) is 10.2 Å². The predicted octanol–water partition coefficient (Wildman–Crippen LogP) is 3.82. The second kappa shape index (κ2) is 6.86. The van der Waals surface area contributed by atoms with Crippen molar-refractivity contribution in [2.45, 2.75) is 39.7 Å². The van der Waals surface area contributed by atoms with Gasteiger partial charge in [0, 0.05) is 6.04 Å². The average molecular weight is 325 g/mol. The lowest BCUT2D eigenvalue weighted by Gasteiger charge is -2.17. The minimum Gasteiger partial charge on any atom is -0.494 e. The second-order valence-electron chi connectivity index (χ2n) is 6.10. The molecule has 1 aromatic carbocycles. The van der Waals surface area contributed by atoms with E-state index in [4.69, 9.17) is 4.74 Å².